The molecule has 0 heterocycles. The molecule has 25 heavy (non-hydrogen) atoms. The van der Waals surface area contributed by atoms with Gasteiger partial charge in [-0.15, -0.1) is 11.6 Å². The zero-order valence-electron chi connectivity index (χ0n) is 13.3. The van der Waals surface area contributed by atoms with Crippen LogP contribution in [0.3, 0.4) is 0 Å². The van der Waals surface area contributed by atoms with Crippen molar-refractivity contribution in [1.29, 1.82) is 0 Å². The average Bonchev–Trinajstić information content (AvgIpc) is 2.61. The molecular weight excluding hydrogens is 431 g/mol. The number of hydrogen-bond donors (Lipinski definition) is 1. The van der Waals surface area contributed by atoms with E-state index in [2.05, 4.69) is 26.5 Å². The largest absolute Gasteiger partial charge is 0.493 e. The van der Waals surface area contributed by atoms with Gasteiger partial charge in [-0.2, -0.15) is 5.10 Å². The predicted octanol–water partition coefficient (Wildman–Crippen LogP) is 4.38. The normalized spacial score (nSPS) is 10.7. The summed E-state index contributed by atoms with van der Waals surface area (Å²) in [6.07, 6.45) is 1.49. The standard InChI is InChI=1S/C17H15BrCl2N2O3/c1-24-15-7-12(9-21-22-16(23)8-19)6-14(18)17(15)25-10-11-2-4-13(20)5-3-11/h2-7,9H,8,10H2,1H3,(H,22,23)/b21-9-. The molecule has 0 aliphatic carbocycles. The Kier molecular flexibility index (Phi) is 7.55. The molecule has 1 N–H and O–H groups in total. The van der Waals surface area contributed by atoms with Gasteiger partial charge in [-0.3, -0.25) is 4.79 Å². The molecule has 0 saturated heterocycles. The van der Waals surface area contributed by atoms with E-state index in [0.29, 0.717) is 27.6 Å². The fraction of sp³-hybridized carbons (Fsp3) is 0.176. The second-order valence-electron chi connectivity index (χ2n) is 4.88. The number of rotatable bonds is 7. The van der Waals surface area contributed by atoms with Crippen LogP contribution in [0.2, 0.25) is 5.02 Å². The minimum absolute atomic E-state index is 0.151. The summed E-state index contributed by atoms with van der Waals surface area (Å²) < 4.78 is 11.9. The number of hydrazone groups is 1. The maximum atomic E-state index is 11.1. The van der Waals surface area contributed by atoms with E-state index in [9.17, 15) is 4.79 Å². The first-order valence-corrected chi connectivity index (χ1v) is 8.86. The third kappa shape index (κ3) is 5.92. The minimum Gasteiger partial charge on any atom is -0.493 e. The van der Waals surface area contributed by atoms with Crippen LogP contribution in [0, 0.1) is 0 Å². The maximum Gasteiger partial charge on any atom is 0.254 e. The predicted molar refractivity (Wildman–Crippen MR) is 103 cm³/mol. The number of nitrogens with one attached hydrogen (secondary N) is 1. The van der Waals surface area contributed by atoms with Crippen molar-refractivity contribution in [3.05, 3.63) is 57.0 Å². The highest BCUT2D eigenvalue weighted by atomic mass is 79.9. The molecule has 0 unspecified atom stereocenters. The Balaban J connectivity index is 2.13. The van der Waals surface area contributed by atoms with Crippen LogP contribution in [0.5, 0.6) is 11.5 Å². The van der Waals surface area contributed by atoms with E-state index in [1.54, 1.807) is 31.4 Å². The molecule has 0 radical (unpaired) electrons. The fourth-order valence-electron chi connectivity index (χ4n) is 1.90. The zero-order chi connectivity index (χ0) is 18.2. The lowest BCUT2D eigenvalue weighted by atomic mass is 10.2. The van der Waals surface area contributed by atoms with Crippen molar-refractivity contribution >= 4 is 51.3 Å². The van der Waals surface area contributed by atoms with E-state index < -0.39 is 0 Å². The van der Waals surface area contributed by atoms with Gasteiger partial charge in [0.2, 0.25) is 0 Å². The third-order valence-electron chi connectivity index (χ3n) is 3.07. The van der Waals surface area contributed by atoms with Crippen LogP contribution in [0.25, 0.3) is 0 Å². The van der Waals surface area contributed by atoms with Crippen LogP contribution in [0.15, 0.2) is 46.0 Å². The van der Waals surface area contributed by atoms with Gasteiger partial charge in [-0.25, -0.2) is 5.43 Å². The Bertz CT molecular complexity index is 767. The molecule has 132 valence electrons. The van der Waals surface area contributed by atoms with Gasteiger partial charge in [-0.05, 0) is 51.3 Å². The maximum absolute atomic E-state index is 11.1. The summed E-state index contributed by atoms with van der Waals surface area (Å²) in [6, 6.07) is 10.9. The molecule has 2 aromatic rings. The van der Waals surface area contributed by atoms with Crippen LogP contribution in [0.4, 0.5) is 0 Å². The average molecular weight is 446 g/mol. The molecule has 0 aliphatic heterocycles. The van der Waals surface area contributed by atoms with E-state index in [1.165, 1.54) is 6.21 Å². The summed E-state index contributed by atoms with van der Waals surface area (Å²) in [5.74, 6) is 0.571. The highest BCUT2D eigenvalue weighted by molar-refractivity contribution is 9.10. The van der Waals surface area contributed by atoms with Gasteiger partial charge in [-0.1, -0.05) is 23.7 Å². The third-order valence-corrected chi connectivity index (χ3v) is 4.16. The molecule has 0 fully saturated rings. The first-order chi connectivity index (χ1) is 12.0. The molecule has 0 spiro atoms. The quantitative estimate of drug-likeness (QED) is 0.390. The van der Waals surface area contributed by atoms with Crippen LogP contribution >= 0.6 is 39.1 Å². The molecule has 2 aromatic carbocycles. The second-order valence-corrected chi connectivity index (χ2v) is 6.43. The molecule has 0 saturated carbocycles. The van der Waals surface area contributed by atoms with E-state index in [1.807, 2.05) is 12.1 Å². The van der Waals surface area contributed by atoms with Gasteiger partial charge < -0.3 is 9.47 Å². The minimum atomic E-state index is -0.383. The summed E-state index contributed by atoms with van der Waals surface area (Å²) >= 11 is 14.7. The lowest BCUT2D eigenvalue weighted by molar-refractivity contribution is -0.118. The van der Waals surface area contributed by atoms with Crippen molar-refractivity contribution < 1.29 is 14.3 Å². The first kappa shape index (κ1) is 19.6. The lowest BCUT2D eigenvalue weighted by Gasteiger charge is -2.13. The number of hydrogen-bond acceptors (Lipinski definition) is 4. The lowest BCUT2D eigenvalue weighted by Crippen LogP contribution is -2.18. The molecule has 0 bridgehead atoms. The van der Waals surface area contributed by atoms with Crippen molar-refractivity contribution in [3.8, 4) is 11.5 Å². The Morgan fingerprint density at radius 3 is 2.68 bits per heavy atom. The van der Waals surface area contributed by atoms with Crippen molar-refractivity contribution in [3.63, 3.8) is 0 Å². The van der Waals surface area contributed by atoms with Crippen molar-refractivity contribution in [2.75, 3.05) is 13.0 Å². The van der Waals surface area contributed by atoms with E-state index in [4.69, 9.17) is 32.7 Å². The number of carbonyl (C=O) groups excluding carboxylic acids is 1. The Morgan fingerprint density at radius 2 is 2.04 bits per heavy atom. The van der Waals surface area contributed by atoms with Crippen molar-refractivity contribution in [2.45, 2.75) is 6.61 Å². The number of ether oxygens (including phenoxy) is 2. The topological polar surface area (TPSA) is 59.9 Å². The van der Waals surface area contributed by atoms with Gasteiger partial charge in [0.25, 0.3) is 5.91 Å². The smallest absolute Gasteiger partial charge is 0.254 e. The second kappa shape index (κ2) is 9.65. The Morgan fingerprint density at radius 1 is 1.32 bits per heavy atom. The number of alkyl halides is 1. The summed E-state index contributed by atoms with van der Waals surface area (Å²) in [6.45, 7) is 0.366. The number of methoxy groups -OCH3 is 1. The number of carbonyl (C=O) groups is 1. The summed E-state index contributed by atoms with van der Waals surface area (Å²) in [4.78, 5) is 11.1. The Labute approximate surface area is 164 Å². The van der Waals surface area contributed by atoms with Crippen LogP contribution in [0.1, 0.15) is 11.1 Å². The first-order valence-electron chi connectivity index (χ1n) is 7.16. The highest BCUT2D eigenvalue weighted by Crippen LogP contribution is 2.36. The van der Waals surface area contributed by atoms with Crippen LogP contribution in [-0.4, -0.2) is 25.1 Å². The van der Waals surface area contributed by atoms with Crippen LogP contribution < -0.4 is 14.9 Å². The summed E-state index contributed by atoms with van der Waals surface area (Å²) in [5.41, 5.74) is 4.00. The Hall–Kier alpha value is -1.76. The monoisotopic (exact) mass is 444 g/mol. The molecule has 2 rings (SSSR count). The van der Waals surface area contributed by atoms with Gasteiger partial charge in [0.1, 0.15) is 12.5 Å². The SMILES string of the molecule is COc1cc(/C=N\NC(=O)CCl)cc(Br)c1OCc1ccc(Cl)cc1. The van der Waals surface area contributed by atoms with Crippen molar-refractivity contribution in [2.24, 2.45) is 5.10 Å². The van der Waals surface area contributed by atoms with Crippen molar-refractivity contribution in [1.82, 2.24) is 5.43 Å². The molecule has 0 aliphatic rings. The molecule has 1 amide bonds. The van der Waals surface area contributed by atoms with E-state index in [-0.39, 0.29) is 11.8 Å². The van der Waals surface area contributed by atoms with Gasteiger partial charge in [0.05, 0.1) is 17.8 Å². The van der Waals surface area contributed by atoms with Gasteiger partial charge >= 0.3 is 0 Å². The zero-order valence-corrected chi connectivity index (χ0v) is 16.4. The summed E-state index contributed by atoms with van der Waals surface area (Å²) in [5, 5.41) is 4.50. The molecule has 0 atom stereocenters. The number of amides is 1. The number of nitrogens with zero attached hydrogens (tertiary/aromatic N) is 1. The highest BCUT2D eigenvalue weighted by Gasteiger charge is 2.11. The van der Waals surface area contributed by atoms with Gasteiger partial charge in [0.15, 0.2) is 11.5 Å². The molecule has 5 nitrogen and oxygen atoms in total. The fourth-order valence-corrected chi connectivity index (χ4v) is 2.66. The molecule has 8 heteroatoms. The molecular formula is C17H15BrCl2N2O3. The molecule has 0 aromatic heterocycles. The number of halogens is 3. The van der Waals surface area contributed by atoms with Crippen LogP contribution in [-0.2, 0) is 11.4 Å². The van der Waals surface area contributed by atoms with E-state index >= 15 is 0 Å². The summed E-state index contributed by atoms with van der Waals surface area (Å²) in [7, 11) is 1.55. The van der Waals surface area contributed by atoms with E-state index in [0.717, 1.165) is 11.1 Å². The number of benzene rings is 2. The van der Waals surface area contributed by atoms with Gasteiger partial charge in [0, 0.05) is 5.02 Å².